The van der Waals surface area contributed by atoms with Crippen LogP contribution in [0.1, 0.15) is 19.4 Å². The van der Waals surface area contributed by atoms with E-state index in [0.717, 1.165) is 6.42 Å². The van der Waals surface area contributed by atoms with E-state index in [4.69, 9.17) is 9.47 Å². The van der Waals surface area contributed by atoms with Crippen molar-refractivity contribution in [3.63, 3.8) is 0 Å². The summed E-state index contributed by atoms with van der Waals surface area (Å²) in [5, 5.41) is 0. The van der Waals surface area contributed by atoms with Crippen LogP contribution in [0.4, 0.5) is 0 Å². The number of hydrogen-bond donors (Lipinski definition) is 0. The highest BCUT2D eigenvalue weighted by Gasteiger charge is 2.30. The molecule has 2 rings (SSSR count). The summed E-state index contributed by atoms with van der Waals surface area (Å²) in [4.78, 5) is 0. The van der Waals surface area contributed by atoms with E-state index in [2.05, 4.69) is 36.4 Å². The van der Waals surface area contributed by atoms with E-state index in [1.807, 2.05) is 19.9 Å². The van der Waals surface area contributed by atoms with Gasteiger partial charge in [-0.15, -0.1) is 0 Å². The second kappa shape index (κ2) is 4.81. The van der Waals surface area contributed by atoms with Crippen molar-refractivity contribution in [2.75, 3.05) is 6.61 Å². The van der Waals surface area contributed by atoms with Crippen LogP contribution >= 0.6 is 0 Å². The first-order valence-corrected chi connectivity index (χ1v) is 5.68. The van der Waals surface area contributed by atoms with Gasteiger partial charge in [0.15, 0.2) is 5.79 Å². The van der Waals surface area contributed by atoms with Gasteiger partial charge in [-0.2, -0.15) is 0 Å². The molecule has 0 bridgehead atoms. The lowest BCUT2D eigenvalue weighted by Gasteiger charge is -2.15. The molecule has 16 heavy (non-hydrogen) atoms. The summed E-state index contributed by atoms with van der Waals surface area (Å²) in [5.74, 6) is -0.429. The zero-order chi connectivity index (χ0) is 11.4. The maximum atomic E-state index is 5.68. The highest BCUT2D eigenvalue weighted by Crippen LogP contribution is 2.22. The fourth-order valence-corrected chi connectivity index (χ4v) is 1.78. The Labute approximate surface area is 96.9 Å². The first-order valence-electron chi connectivity index (χ1n) is 5.68. The third-order valence-electron chi connectivity index (χ3n) is 2.58. The minimum atomic E-state index is -0.429. The van der Waals surface area contributed by atoms with Crippen molar-refractivity contribution < 1.29 is 9.47 Å². The van der Waals surface area contributed by atoms with Crippen molar-refractivity contribution in [3.05, 3.63) is 48.0 Å². The van der Waals surface area contributed by atoms with E-state index in [1.165, 1.54) is 5.56 Å². The monoisotopic (exact) mass is 218 g/mol. The molecule has 1 fully saturated rings. The molecule has 0 radical (unpaired) electrons. The van der Waals surface area contributed by atoms with Gasteiger partial charge in [0.25, 0.3) is 0 Å². The topological polar surface area (TPSA) is 18.5 Å². The Morgan fingerprint density at radius 3 is 2.69 bits per heavy atom. The number of hydrogen-bond acceptors (Lipinski definition) is 2. The lowest BCUT2D eigenvalue weighted by molar-refractivity contribution is -0.133. The van der Waals surface area contributed by atoms with E-state index in [-0.39, 0.29) is 6.10 Å². The molecule has 0 aromatic heterocycles. The third kappa shape index (κ3) is 3.19. The van der Waals surface area contributed by atoms with Gasteiger partial charge in [-0.1, -0.05) is 42.5 Å². The van der Waals surface area contributed by atoms with Crippen molar-refractivity contribution in [1.82, 2.24) is 0 Å². The quantitative estimate of drug-likeness (QED) is 0.726. The van der Waals surface area contributed by atoms with Gasteiger partial charge in [0.05, 0.1) is 6.61 Å². The molecule has 0 amide bonds. The first-order chi connectivity index (χ1) is 7.66. The Kier molecular flexibility index (Phi) is 3.42. The van der Waals surface area contributed by atoms with Gasteiger partial charge in [0, 0.05) is 0 Å². The van der Waals surface area contributed by atoms with Gasteiger partial charge in [-0.25, -0.2) is 0 Å². The van der Waals surface area contributed by atoms with Crippen LogP contribution in [0.25, 0.3) is 0 Å². The fraction of sp³-hybridized carbons (Fsp3) is 0.429. The average molecular weight is 218 g/mol. The highest BCUT2D eigenvalue weighted by molar-refractivity contribution is 5.17. The van der Waals surface area contributed by atoms with Crippen molar-refractivity contribution in [2.45, 2.75) is 32.2 Å². The van der Waals surface area contributed by atoms with Gasteiger partial charge >= 0.3 is 0 Å². The van der Waals surface area contributed by atoms with Crippen LogP contribution in [0, 0.1) is 0 Å². The van der Waals surface area contributed by atoms with Crippen molar-refractivity contribution >= 4 is 0 Å². The third-order valence-corrected chi connectivity index (χ3v) is 2.58. The highest BCUT2D eigenvalue weighted by atomic mass is 16.7. The molecule has 1 saturated heterocycles. The largest absolute Gasteiger partial charge is 0.347 e. The predicted molar refractivity (Wildman–Crippen MR) is 64.2 cm³/mol. The molecular weight excluding hydrogens is 200 g/mol. The molecule has 1 atom stereocenters. The lowest BCUT2D eigenvalue weighted by Crippen LogP contribution is -2.20. The molecule has 1 aliphatic rings. The summed E-state index contributed by atoms with van der Waals surface area (Å²) in [6.45, 7) is 4.54. The summed E-state index contributed by atoms with van der Waals surface area (Å²) in [6, 6.07) is 10.4. The summed E-state index contributed by atoms with van der Waals surface area (Å²) >= 11 is 0. The zero-order valence-electron chi connectivity index (χ0n) is 9.85. The first kappa shape index (κ1) is 11.4. The summed E-state index contributed by atoms with van der Waals surface area (Å²) in [6.07, 6.45) is 5.27. The second-order valence-corrected chi connectivity index (χ2v) is 4.49. The minimum Gasteiger partial charge on any atom is -0.347 e. The molecule has 1 aromatic carbocycles. The Hall–Kier alpha value is -1.12. The number of rotatable bonds is 3. The number of benzene rings is 1. The molecule has 0 unspecified atom stereocenters. The van der Waals surface area contributed by atoms with Crippen LogP contribution in [0.2, 0.25) is 0 Å². The maximum Gasteiger partial charge on any atom is 0.163 e. The van der Waals surface area contributed by atoms with E-state index in [1.54, 1.807) is 0 Å². The summed E-state index contributed by atoms with van der Waals surface area (Å²) < 4.78 is 11.2. The minimum absolute atomic E-state index is 0.0960. The fourth-order valence-electron chi connectivity index (χ4n) is 1.78. The predicted octanol–water partition coefficient (Wildman–Crippen LogP) is 2.94. The van der Waals surface area contributed by atoms with Crippen LogP contribution in [0.5, 0.6) is 0 Å². The van der Waals surface area contributed by atoms with E-state index >= 15 is 0 Å². The second-order valence-electron chi connectivity index (χ2n) is 4.49. The molecule has 86 valence electrons. The Morgan fingerprint density at radius 1 is 1.31 bits per heavy atom. The van der Waals surface area contributed by atoms with Crippen LogP contribution in [0.3, 0.4) is 0 Å². The van der Waals surface area contributed by atoms with E-state index in [0.29, 0.717) is 6.61 Å². The standard InChI is InChI=1S/C14H18O2/c1-14(2)15-11-13(16-14)10-6-9-12-7-4-3-5-8-12/h3-8,10,13H,9,11H2,1-2H3/b10-6+/t13-/m0/s1. The Bertz CT molecular complexity index is 354. The molecule has 0 saturated carbocycles. The zero-order valence-corrected chi connectivity index (χ0v) is 9.85. The van der Waals surface area contributed by atoms with Gasteiger partial charge in [0.2, 0.25) is 0 Å². The molecule has 0 N–H and O–H groups in total. The van der Waals surface area contributed by atoms with Crippen molar-refractivity contribution in [3.8, 4) is 0 Å². The molecule has 0 spiro atoms. The number of ether oxygens (including phenoxy) is 2. The van der Waals surface area contributed by atoms with Gasteiger partial charge in [-0.05, 0) is 25.8 Å². The smallest absolute Gasteiger partial charge is 0.163 e. The number of allylic oxidation sites excluding steroid dienone is 1. The average Bonchev–Trinajstić information content (AvgIpc) is 2.60. The molecule has 0 aliphatic carbocycles. The summed E-state index contributed by atoms with van der Waals surface area (Å²) in [5.41, 5.74) is 1.32. The maximum absolute atomic E-state index is 5.68. The van der Waals surface area contributed by atoms with Gasteiger partial charge < -0.3 is 9.47 Å². The lowest BCUT2D eigenvalue weighted by atomic mass is 10.1. The Balaban J connectivity index is 1.83. The molecule has 1 aromatic rings. The van der Waals surface area contributed by atoms with Crippen LogP contribution < -0.4 is 0 Å². The molecular formula is C14H18O2. The van der Waals surface area contributed by atoms with E-state index < -0.39 is 5.79 Å². The summed E-state index contributed by atoms with van der Waals surface area (Å²) in [7, 11) is 0. The van der Waals surface area contributed by atoms with Crippen molar-refractivity contribution in [1.29, 1.82) is 0 Å². The van der Waals surface area contributed by atoms with Crippen molar-refractivity contribution in [2.24, 2.45) is 0 Å². The van der Waals surface area contributed by atoms with Gasteiger partial charge in [0.1, 0.15) is 6.10 Å². The molecule has 1 heterocycles. The van der Waals surface area contributed by atoms with E-state index in [9.17, 15) is 0 Å². The van der Waals surface area contributed by atoms with Crippen LogP contribution in [-0.4, -0.2) is 18.5 Å². The SMILES string of the molecule is CC1(C)OC[C@H](/C=C/Cc2ccccc2)O1. The molecule has 2 heteroatoms. The molecule has 1 aliphatic heterocycles. The van der Waals surface area contributed by atoms with Crippen LogP contribution in [-0.2, 0) is 15.9 Å². The van der Waals surface area contributed by atoms with Crippen LogP contribution in [0.15, 0.2) is 42.5 Å². The Morgan fingerprint density at radius 2 is 2.06 bits per heavy atom. The molecule has 2 nitrogen and oxygen atoms in total. The van der Waals surface area contributed by atoms with Gasteiger partial charge in [-0.3, -0.25) is 0 Å². The normalized spacial score (nSPS) is 24.0.